The molecule has 57 heavy (non-hydrogen) atoms. The molecule has 5 heterocycles. The number of hydrogen-bond donors (Lipinski definition) is 2. The Bertz CT molecular complexity index is 2560. The zero-order chi connectivity index (χ0) is 38.8. The number of fused-ring (bicyclic) bond motifs is 8. The first-order valence-electron chi connectivity index (χ1n) is 17.0. The quantitative estimate of drug-likeness (QED) is 0.173. The van der Waals surface area contributed by atoms with Crippen molar-refractivity contribution >= 4 is 139 Å². The number of halogens is 8. The third-order valence-corrected chi connectivity index (χ3v) is 11.1. The molecule has 2 aliphatic rings. The predicted octanol–water partition coefficient (Wildman–Crippen LogP) is 16.5. The molecule has 2 N–H and O–H groups in total. The first-order valence-corrected chi connectivity index (χ1v) is 20.0. The fourth-order valence-electron chi connectivity index (χ4n) is 7.21. The van der Waals surface area contributed by atoms with Crippen molar-refractivity contribution < 1.29 is 16.5 Å². The van der Waals surface area contributed by atoms with Gasteiger partial charge in [0.25, 0.3) is 0 Å². The maximum Gasteiger partial charge on any atom is 0.0737 e. The van der Waals surface area contributed by atoms with Crippen LogP contribution in [0.1, 0.15) is 22.8 Å². The molecule has 4 aromatic carbocycles. The molecule has 0 amide bonds. The van der Waals surface area contributed by atoms with Gasteiger partial charge < -0.3 is 9.97 Å². The van der Waals surface area contributed by atoms with Gasteiger partial charge in [-0.15, -0.1) is 0 Å². The molecule has 0 unspecified atom stereocenters. The van der Waals surface area contributed by atoms with E-state index < -0.39 is 0 Å². The van der Waals surface area contributed by atoms with E-state index in [1.807, 2.05) is 97.1 Å². The van der Waals surface area contributed by atoms with Crippen LogP contribution in [0.3, 0.4) is 0 Å². The number of benzene rings is 4. The standard InChI is InChI=1S/C44H22Cl8N4.Ni/c45-25-9-21(10-26(46)17-25)41-33-1-2-34(53-33)42(22-11-27(47)18-28(48)12-22)36-5-6-38(55-36)44(24-15-31(51)20-32(52)16-24)40-8-7-39(56-40)43(37-4-3-35(41)54-37)23-13-29(49)19-30(50)14-23;/h1-20,53,56H;. The van der Waals surface area contributed by atoms with Crippen molar-refractivity contribution in [1.29, 1.82) is 0 Å². The van der Waals surface area contributed by atoms with Crippen LogP contribution in [0.5, 0.6) is 0 Å². The minimum absolute atomic E-state index is 0. The molecule has 0 saturated carbocycles. The molecular formula is C44H22Cl8N4Ni. The van der Waals surface area contributed by atoms with E-state index in [2.05, 4.69) is 9.97 Å². The Labute approximate surface area is 377 Å². The van der Waals surface area contributed by atoms with E-state index in [1.54, 1.807) is 24.3 Å². The molecule has 13 heteroatoms. The summed E-state index contributed by atoms with van der Waals surface area (Å²) in [6.45, 7) is 0. The van der Waals surface area contributed by atoms with E-state index in [4.69, 9.17) is 103 Å². The van der Waals surface area contributed by atoms with E-state index >= 15 is 0 Å². The Morgan fingerprint density at radius 1 is 0.298 bits per heavy atom. The van der Waals surface area contributed by atoms with Crippen LogP contribution < -0.4 is 0 Å². The van der Waals surface area contributed by atoms with E-state index in [0.717, 1.165) is 66.6 Å². The average molecular weight is 949 g/mol. The molecule has 0 spiro atoms. The molecule has 0 fully saturated rings. The van der Waals surface area contributed by atoms with Gasteiger partial charge in [-0.25, -0.2) is 9.97 Å². The van der Waals surface area contributed by atoms with Crippen LogP contribution in [-0.2, 0) is 16.5 Å². The monoisotopic (exact) mass is 944 g/mol. The maximum absolute atomic E-state index is 6.61. The van der Waals surface area contributed by atoms with Crippen LogP contribution in [0.2, 0.25) is 40.2 Å². The molecule has 9 rings (SSSR count). The normalized spacial score (nSPS) is 11.9. The molecule has 4 nitrogen and oxygen atoms in total. The number of aromatic nitrogens is 4. The van der Waals surface area contributed by atoms with E-state index in [9.17, 15) is 0 Å². The van der Waals surface area contributed by atoms with Crippen molar-refractivity contribution in [3.8, 4) is 44.5 Å². The summed E-state index contributed by atoms with van der Waals surface area (Å²) >= 11 is 52.9. The number of aromatic amines is 2. The number of rotatable bonds is 4. The van der Waals surface area contributed by atoms with Crippen LogP contribution in [-0.4, -0.2) is 19.9 Å². The molecule has 0 saturated heterocycles. The van der Waals surface area contributed by atoms with Crippen molar-refractivity contribution in [2.45, 2.75) is 0 Å². The SMILES string of the molecule is Clc1cc(Cl)cc(-c2c3nc(c(-c4cc(Cl)cc(Cl)c4)c4ccc([nH]4)c(-c4cc(Cl)cc(Cl)c4)c4nc(c(-c5cc(Cl)cc(Cl)c5)c5ccc2[nH]5)C=C4)C=C3)c1.[Ni]. The molecule has 3 aromatic heterocycles. The van der Waals surface area contributed by atoms with Crippen LogP contribution >= 0.6 is 92.8 Å². The first-order chi connectivity index (χ1) is 26.9. The number of hydrogen-bond acceptors (Lipinski definition) is 2. The Morgan fingerprint density at radius 2 is 0.491 bits per heavy atom. The van der Waals surface area contributed by atoms with Gasteiger partial charge in [0, 0.05) is 101 Å². The van der Waals surface area contributed by atoms with Crippen molar-refractivity contribution in [2.24, 2.45) is 0 Å². The van der Waals surface area contributed by atoms with Gasteiger partial charge >= 0.3 is 0 Å². The largest absolute Gasteiger partial charge is 0.354 e. The molecule has 284 valence electrons. The number of nitrogens with zero attached hydrogens (tertiary/aromatic N) is 2. The molecule has 0 aliphatic carbocycles. The summed E-state index contributed by atoms with van der Waals surface area (Å²) in [6.07, 6.45) is 7.86. The number of H-pyrrole nitrogens is 2. The van der Waals surface area contributed by atoms with Crippen LogP contribution in [0.4, 0.5) is 0 Å². The zero-order valence-corrected chi connectivity index (χ0v) is 35.8. The first kappa shape index (κ1) is 40.1. The van der Waals surface area contributed by atoms with Crippen LogP contribution in [0.25, 0.3) is 90.9 Å². The summed E-state index contributed by atoms with van der Waals surface area (Å²) < 4.78 is 0. The van der Waals surface area contributed by atoms with E-state index in [0.29, 0.717) is 63.0 Å². The molecular weight excluding hydrogens is 927 g/mol. The Hall–Kier alpha value is -3.71. The van der Waals surface area contributed by atoms with E-state index in [-0.39, 0.29) is 16.5 Å². The summed E-state index contributed by atoms with van der Waals surface area (Å²) in [5, 5.41) is 3.84. The summed E-state index contributed by atoms with van der Waals surface area (Å²) in [4.78, 5) is 17.9. The average Bonchev–Trinajstić information content (AvgIpc) is 3.94. The van der Waals surface area contributed by atoms with Gasteiger partial charge in [-0.05, 0) is 144 Å². The van der Waals surface area contributed by atoms with Crippen molar-refractivity contribution in [2.75, 3.05) is 0 Å². The minimum Gasteiger partial charge on any atom is -0.354 e. The van der Waals surface area contributed by atoms with E-state index in [1.165, 1.54) is 0 Å². The van der Waals surface area contributed by atoms with Crippen LogP contribution in [0.15, 0.2) is 97.1 Å². The van der Waals surface area contributed by atoms with Crippen molar-refractivity contribution in [3.63, 3.8) is 0 Å². The van der Waals surface area contributed by atoms with Gasteiger partial charge in [-0.3, -0.25) is 0 Å². The smallest absolute Gasteiger partial charge is 0.0737 e. The summed E-state index contributed by atoms with van der Waals surface area (Å²) in [5.41, 5.74) is 11.8. The molecule has 0 atom stereocenters. The van der Waals surface area contributed by atoms with Crippen molar-refractivity contribution in [1.82, 2.24) is 19.9 Å². The zero-order valence-electron chi connectivity index (χ0n) is 28.8. The summed E-state index contributed by atoms with van der Waals surface area (Å²) in [6, 6.07) is 29.6. The van der Waals surface area contributed by atoms with Crippen LogP contribution in [0, 0.1) is 0 Å². The van der Waals surface area contributed by atoms with Gasteiger partial charge in [0.15, 0.2) is 0 Å². The predicted molar refractivity (Wildman–Crippen MR) is 241 cm³/mol. The van der Waals surface area contributed by atoms with Crippen molar-refractivity contribution in [3.05, 3.63) is 160 Å². The van der Waals surface area contributed by atoms with Gasteiger partial charge in [0.1, 0.15) is 0 Å². The Kier molecular flexibility index (Phi) is 11.4. The third kappa shape index (κ3) is 8.04. The Balaban J connectivity index is 0.00000455. The minimum atomic E-state index is 0. The maximum atomic E-state index is 6.61. The summed E-state index contributed by atoms with van der Waals surface area (Å²) in [5.74, 6) is 0. The Morgan fingerprint density at radius 3 is 0.684 bits per heavy atom. The third-order valence-electron chi connectivity index (χ3n) is 9.36. The molecule has 8 bridgehead atoms. The number of nitrogens with one attached hydrogen (secondary N) is 2. The summed E-state index contributed by atoms with van der Waals surface area (Å²) in [7, 11) is 0. The fourth-order valence-corrected chi connectivity index (χ4v) is 9.32. The second-order valence-electron chi connectivity index (χ2n) is 13.1. The van der Waals surface area contributed by atoms with Gasteiger partial charge in [-0.1, -0.05) is 92.8 Å². The topological polar surface area (TPSA) is 57.4 Å². The fraction of sp³-hybridized carbons (Fsp3) is 0. The van der Waals surface area contributed by atoms with Gasteiger partial charge in [0.2, 0.25) is 0 Å². The molecule has 7 aromatic rings. The van der Waals surface area contributed by atoms with Gasteiger partial charge in [-0.2, -0.15) is 0 Å². The second kappa shape index (κ2) is 16.2. The van der Waals surface area contributed by atoms with Gasteiger partial charge in [0.05, 0.1) is 22.8 Å². The molecule has 0 radical (unpaired) electrons. The molecule has 2 aliphatic heterocycles. The second-order valence-corrected chi connectivity index (χ2v) is 16.6.